The molecule has 2 unspecified atom stereocenters. The summed E-state index contributed by atoms with van der Waals surface area (Å²) in [6, 6.07) is 7.69. The number of carbonyl (C=O) groups is 2. The highest BCUT2D eigenvalue weighted by Gasteiger charge is 2.32. The molecule has 1 heterocycles. The maximum Gasteiger partial charge on any atom is 0.326 e. The Morgan fingerprint density at radius 1 is 1.27 bits per heavy atom. The Labute approximate surface area is 132 Å². The van der Waals surface area contributed by atoms with Crippen LogP contribution in [0.3, 0.4) is 0 Å². The van der Waals surface area contributed by atoms with E-state index in [0.29, 0.717) is 19.4 Å². The Morgan fingerprint density at radius 3 is 2.55 bits per heavy atom. The first-order valence-electron chi connectivity index (χ1n) is 8.14. The van der Waals surface area contributed by atoms with Gasteiger partial charge in [-0.3, -0.25) is 4.79 Å². The normalized spacial score (nSPS) is 19.7. The van der Waals surface area contributed by atoms with Crippen LogP contribution in [-0.2, 0) is 16.0 Å². The van der Waals surface area contributed by atoms with Gasteiger partial charge in [-0.15, -0.1) is 0 Å². The molecule has 2 rings (SSSR count). The molecule has 0 spiro atoms. The second kappa shape index (κ2) is 7.43. The molecule has 0 aromatic heterocycles. The van der Waals surface area contributed by atoms with Crippen LogP contribution in [0.5, 0.6) is 0 Å². The molecule has 120 valence electrons. The van der Waals surface area contributed by atoms with Crippen LogP contribution in [0.25, 0.3) is 0 Å². The minimum absolute atomic E-state index is 0.0424. The Kier molecular flexibility index (Phi) is 5.58. The van der Waals surface area contributed by atoms with Crippen molar-refractivity contribution in [2.75, 3.05) is 6.54 Å². The highest BCUT2D eigenvalue weighted by atomic mass is 16.4. The maximum absolute atomic E-state index is 12.5. The predicted molar refractivity (Wildman–Crippen MR) is 85.8 cm³/mol. The van der Waals surface area contributed by atoms with Gasteiger partial charge in [0.2, 0.25) is 5.91 Å². The number of hydrogen-bond donors (Lipinski definition) is 1. The van der Waals surface area contributed by atoms with Crippen molar-refractivity contribution in [3.63, 3.8) is 0 Å². The molecule has 0 aliphatic carbocycles. The highest BCUT2D eigenvalue weighted by molar-refractivity contribution is 5.84. The molecule has 1 saturated heterocycles. The molecule has 1 N–H and O–H groups in total. The van der Waals surface area contributed by atoms with E-state index in [0.717, 1.165) is 24.8 Å². The molecule has 1 aromatic carbocycles. The number of rotatable bonds is 5. The Balaban J connectivity index is 2.01. The second-order valence-electron chi connectivity index (χ2n) is 6.14. The smallest absolute Gasteiger partial charge is 0.326 e. The Morgan fingerprint density at radius 2 is 1.95 bits per heavy atom. The van der Waals surface area contributed by atoms with Crippen molar-refractivity contribution < 1.29 is 14.7 Å². The van der Waals surface area contributed by atoms with Crippen molar-refractivity contribution in [1.82, 2.24) is 4.90 Å². The number of hydrogen-bond acceptors (Lipinski definition) is 2. The molecular weight excluding hydrogens is 278 g/mol. The molecule has 22 heavy (non-hydrogen) atoms. The summed E-state index contributed by atoms with van der Waals surface area (Å²) in [6.07, 6.45) is 3.72. The summed E-state index contributed by atoms with van der Waals surface area (Å²) in [7, 11) is 0. The monoisotopic (exact) mass is 303 g/mol. The van der Waals surface area contributed by atoms with E-state index < -0.39 is 12.0 Å². The average molecular weight is 303 g/mol. The van der Waals surface area contributed by atoms with Crippen molar-refractivity contribution in [2.45, 2.75) is 57.9 Å². The molecule has 1 aliphatic rings. The van der Waals surface area contributed by atoms with Crippen molar-refractivity contribution in [1.29, 1.82) is 0 Å². The summed E-state index contributed by atoms with van der Waals surface area (Å²) >= 11 is 0. The molecular formula is C18H25NO3. The van der Waals surface area contributed by atoms with Crippen LogP contribution >= 0.6 is 0 Å². The molecule has 4 heteroatoms. The fourth-order valence-corrected chi connectivity index (χ4v) is 3.07. The van der Waals surface area contributed by atoms with Gasteiger partial charge in [-0.1, -0.05) is 38.1 Å². The molecule has 1 amide bonds. The fraction of sp³-hybridized carbons (Fsp3) is 0.556. The number of benzene rings is 1. The van der Waals surface area contributed by atoms with Crippen molar-refractivity contribution in [2.24, 2.45) is 0 Å². The van der Waals surface area contributed by atoms with E-state index in [-0.39, 0.29) is 11.8 Å². The number of carboxylic acid groups (broad SMARTS) is 1. The summed E-state index contributed by atoms with van der Waals surface area (Å²) in [5.74, 6) is -0.818. The topological polar surface area (TPSA) is 57.6 Å². The van der Waals surface area contributed by atoms with E-state index in [1.165, 1.54) is 5.56 Å². The lowest BCUT2D eigenvalue weighted by molar-refractivity contribution is -0.152. The lowest BCUT2D eigenvalue weighted by Crippen LogP contribution is -2.48. The maximum atomic E-state index is 12.5. The lowest BCUT2D eigenvalue weighted by atomic mass is 9.94. The standard InChI is InChI=1S/C18H25NO3/c1-3-14-7-9-15(10-8-14)13(2)12-17(20)19-11-5-4-6-16(19)18(21)22/h7-10,13,16H,3-6,11-12H2,1-2H3,(H,21,22). The van der Waals surface area contributed by atoms with Gasteiger partial charge in [-0.05, 0) is 42.7 Å². The van der Waals surface area contributed by atoms with Gasteiger partial charge in [0, 0.05) is 13.0 Å². The molecule has 4 nitrogen and oxygen atoms in total. The first kappa shape index (κ1) is 16.5. The molecule has 1 fully saturated rings. The predicted octanol–water partition coefficient (Wildman–Crippen LogP) is 3.21. The first-order chi connectivity index (χ1) is 10.5. The van der Waals surface area contributed by atoms with Crippen LogP contribution in [-0.4, -0.2) is 34.5 Å². The zero-order valence-corrected chi connectivity index (χ0v) is 13.4. The van der Waals surface area contributed by atoms with Gasteiger partial charge >= 0.3 is 5.97 Å². The third kappa shape index (κ3) is 3.87. The van der Waals surface area contributed by atoms with Crippen LogP contribution in [0, 0.1) is 0 Å². The summed E-state index contributed by atoms with van der Waals surface area (Å²) < 4.78 is 0. The molecule has 0 saturated carbocycles. The summed E-state index contributed by atoms with van der Waals surface area (Å²) in [4.78, 5) is 25.3. The molecule has 1 aliphatic heterocycles. The minimum atomic E-state index is -0.881. The molecule has 0 bridgehead atoms. The third-order valence-electron chi connectivity index (χ3n) is 4.55. The number of aliphatic carboxylic acids is 1. The van der Waals surface area contributed by atoms with E-state index in [1.807, 2.05) is 6.92 Å². The van der Waals surface area contributed by atoms with Gasteiger partial charge in [0.25, 0.3) is 0 Å². The van der Waals surface area contributed by atoms with Crippen LogP contribution in [0.15, 0.2) is 24.3 Å². The molecule has 1 aromatic rings. The number of aryl methyl sites for hydroxylation is 1. The van der Waals surface area contributed by atoms with Gasteiger partial charge < -0.3 is 10.0 Å². The number of carboxylic acids is 1. The number of likely N-dealkylation sites (tertiary alicyclic amines) is 1. The zero-order valence-electron chi connectivity index (χ0n) is 13.4. The van der Waals surface area contributed by atoms with E-state index in [9.17, 15) is 14.7 Å². The minimum Gasteiger partial charge on any atom is -0.480 e. The zero-order chi connectivity index (χ0) is 16.1. The van der Waals surface area contributed by atoms with Crippen molar-refractivity contribution >= 4 is 11.9 Å². The van der Waals surface area contributed by atoms with Gasteiger partial charge in [0.05, 0.1) is 0 Å². The van der Waals surface area contributed by atoms with Crippen molar-refractivity contribution in [3.05, 3.63) is 35.4 Å². The first-order valence-corrected chi connectivity index (χ1v) is 8.14. The van der Waals surface area contributed by atoms with Crippen LogP contribution in [0.1, 0.15) is 56.6 Å². The van der Waals surface area contributed by atoms with Crippen LogP contribution < -0.4 is 0 Å². The van der Waals surface area contributed by atoms with Gasteiger partial charge in [-0.25, -0.2) is 4.79 Å². The van der Waals surface area contributed by atoms with Crippen LogP contribution in [0.2, 0.25) is 0 Å². The van der Waals surface area contributed by atoms with E-state index >= 15 is 0 Å². The van der Waals surface area contributed by atoms with E-state index in [4.69, 9.17) is 0 Å². The largest absolute Gasteiger partial charge is 0.480 e. The summed E-state index contributed by atoms with van der Waals surface area (Å²) in [5.41, 5.74) is 2.42. The third-order valence-corrected chi connectivity index (χ3v) is 4.55. The second-order valence-corrected chi connectivity index (χ2v) is 6.14. The number of carbonyl (C=O) groups excluding carboxylic acids is 1. The van der Waals surface area contributed by atoms with Gasteiger partial charge in [-0.2, -0.15) is 0 Å². The van der Waals surface area contributed by atoms with Crippen molar-refractivity contribution in [3.8, 4) is 0 Å². The van der Waals surface area contributed by atoms with E-state index in [2.05, 4.69) is 31.2 Å². The number of amides is 1. The highest BCUT2D eigenvalue weighted by Crippen LogP contribution is 2.24. The Bertz CT molecular complexity index is 524. The average Bonchev–Trinajstić information content (AvgIpc) is 2.54. The summed E-state index contributed by atoms with van der Waals surface area (Å²) in [6.45, 7) is 4.71. The quantitative estimate of drug-likeness (QED) is 0.908. The van der Waals surface area contributed by atoms with Gasteiger partial charge in [0.1, 0.15) is 6.04 Å². The number of piperidine rings is 1. The molecule has 0 radical (unpaired) electrons. The summed E-state index contributed by atoms with van der Waals surface area (Å²) in [5, 5.41) is 9.27. The fourth-order valence-electron chi connectivity index (χ4n) is 3.07. The SMILES string of the molecule is CCc1ccc(C(C)CC(=O)N2CCCCC2C(=O)O)cc1. The van der Waals surface area contributed by atoms with E-state index in [1.54, 1.807) is 4.90 Å². The van der Waals surface area contributed by atoms with Crippen LogP contribution in [0.4, 0.5) is 0 Å². The number of nitrogens with zero attached hydrogens (tertiary/aromatic N) is 1. The lowest BCUT2D eigenvalue weighted by Gasteiger charge is -2.33. The molecule has 2 atom stereocenters. The Hall–Kier alpha value is -1.84. The van der Waals surface area contributed by atoms with Gasteiger partial charge in [0.15, 0.2) is 0 Å².